The molecule has 0 aromatic rings. The van der Waals surface area contributed by atoms with E-state index in [0.717, 1.165) is 0 Å². The molecule has 0 heterocycles. The number of Topliss-reactive ketones (excluding diaryl/α,β-unsaturated/α-hetero) is 1. The van der Waals surface area contributed by atoms with Gasteiger partial charge in [-0.25, -0.2) is 0 Å². The fourth-order valence-electron chi connectivity index (χ4n) is 1.86. The molecule has 0 saturated heterocycles. The number of carbonyl (C=O) groups is 3. The normalized spacial score (nSPS) is 20.5. The molecule has 5 nitrogen and oxygen atoms in total. The second kappa shape index (κ2) is 4.91. The lowest BCUT2D eigenvalue weighted by Gasteiger charge is -2.17. The smallest absolute Gasteiger partial charge is 0.320 e. The maximum Gasteiger partial charge on any atom is 0.320 e. The van der Waals surface area contributed by atoms with E-state index >= 15 is 0 Å². The van der Waals surface area contributed by atoms with Gasteiger partial charge in [-0.1, -0.05) is 0 Å². The van der Waals surface area contributed by atoms with E-state index in [1.807, 2.05) is 0 Å². The predicted molar refractivity (Wildman–Crippen MR) is 49.9 cm³/mol. The number of hydrogen-bond acceptors (Lipinski definition) is 5. The highest BCUT2D eigenvalue weighted by atomic mass is 16.5. The number of hydrogen-bond donors (Lipinski definition) is 0. The second-order valence-electron chi connectivity index (χ2n) is 3.57. The largest absolute Gasteiger partial charge is 0.468 e. The summed E-state index contributed by atoms with van der Waals surface area (Å²) in [5, 5.41) is 0. The van der Waals surface area contributed by atoms with Gasteiger partial charge in [0.15, 0.2) is 5.92 Å². The Bertz CT molecular complexity index is 268. The van der Waals surface area contributed by atoms with Crippen molar-refractivity contribution in [3.63, 3.8) is 0 Å². The maximum absolute atomic E-state index is 11.4. The van der Waals surface area contributed by atoms with E-state index in [0.29, 0.717) is 12.8 Å². The summed E-state index contributed by atoms with van der Waals surface area (Å²) in [6.07, 6.45) is 1.23. The van der Waals surface area contributed by atoms with E-state index in [9.17, 15) is 14.4 Å². The van der Waals surface area contributed by atoms with Crippen LogP contribution < -0.4 is 0 Å². The van der Waals surface area contributed by atoms with Crippen molar-refractivity contribution in [3.05, 3.63) is 0 Å². The number of carbonyl (C=O) groups excluding carboxylic acids is 3. The van der Waals surface area contributed by atoms with Crippen LogP contribution in [-0.4, -0.2) is 31.9 Å². The molecule has 0 unspecified atom stereocenters. The number of ether oxygens (including phenoxy) is 2. The van der Waals surface area contributed by atoms with Gasteiger partial charge in [-0.05, 0) is 12.3 Å². The minimum absolute atomic E-state index is 0.0813. The van der Waals surface area contributed by atoms with Crippen molar-refractivity contribution >= 4 is 17.7 Å². The molecule has 0 radical (unpaired) electrons. The monoisotopic (exact) mass is 214 g/mol. The molecule has 1 atom stereocenters. The summed E-state index contributed by atoms with van der Waals surface area (Å²) in [4.78, 5) is 33.8. The first-order valence-corrected chi connectivity index (χ1v) is 4.77. The first-order chi connectivity index (χ1) is 7.10. The molecule has 0 aromatic heterocycles. The maximum atomic E-state index is 11.4. The molecular weight excluding hydrogens is 200 g/mol. The van der Waals surface area contributed by atoms with E-state index in [2.05, 4.69) is 9.47 Å². The third-order valence-electron chi connectivity index (χ3n) is 2.67. The van der Waals surface area contributed by atoms with Gasteiger partial charge in [0.05, 0.1) is 14.2 Å². The van der Waals surface area contributed by atoms with E-state index in [-0.39, 0.29) is 18.1 Å². The molecule has 1 rings (SSSR count). The van der Waals surface area contributed by atoms with Crippen LogP contribution in [0, 0.1) is 11.8 Å². The molecule has 0 amide bonds. The summed E-state index contributed by atoms with van der Waals surface area (Å²) in [5.74, 6) is -2.38. The molecule has 15 heavy (non-hydrogen) atoms. The van der Waals surface area contributed by atoms with Gasteiger partial charge in [0.25, 0.3) is 0 Å². The molecule has 1 fully saturated rings. The van der Waals surface area contributed by atoms with Crippen molar-refractivity contribution in [2.75, 3.05) is 14.2 Å². The van der Waals surface area contributed by atoms with E-state index < -0.39 is 17.9 Å². The van der Waals surface area contributed by atoms with Crippen molar-refractivity contribution < 1.29 is 23.9 Å². The molecular formula is C10H14O5. The summed E-state index contributed by atoms with van der Waals surface area (Å²) in [6.45, 7) is 0. The van der Waals surface area contributed by atoms with Gasteiger partial charge < -0.3 is 9.47 Å². The molecule has 0 N–H and O–H groups in total. The third-order valence-corrected chi connectivity index (χ3v) is 2.67. The van der Waals surface area contributed by atoms with Gasteiger partial charge in [0.2, 0.25) is 0 Å². The Kier molecular flexibility index (Phi) is 3.82. The van der Waals surface area contributed by atoms with Gasteiger partial charge in [-0.2, -0.15) is 0 Å². The Labute approximate surface area is 87.7 Å². The zero-order valence-electron chi connectivity index (χ0n) is 8.82. The summed E-state index contributed by atoms with van der Waals surface area (Å²) in [5.41, 5.74) is 0. The minimum atomic E-state index is -0.952. The lowest BCUT2D eigenvalue weighted by Crippen LogP contribution is -2.32. The Hall–Kier alpha value is -1.39. The van der Waals surface area contributed by atoms with Gasteiger partial charge in [-0.3, -0.25) is 14.4 Å². The molecule has 84 valence electrons. The molecule has 0 aliphatic heterocycles. The molecule has 0 spiro atoms. The quantitative estimate of drug-likeness (QED) is 0.499. The van der Waals surface area contributed by atoms with Gasteiger partial charge >= 0.3 is 11.9 Å². The molecule has 1 aliphatic rings. The average molecular weight is 214 g/mol. The highest BCUT2D eigenvalue weighted by Crippen LogP contribution is 2.30. The Morgan fingerprint density at radius 2 is 1.80 bits per heavy atom. The van der Waals surface area contributed by atoms with Crippen molar-refractivity contribution in [2.24, 2.45) is 11.8 Å². The van der Waals surface area contributed by atoms with Crippen molar-refractivity contribution in [3.8, 4) is 0 Å². The van der Waals surface area contributed by atoms with Crippen molar-refractivity contribution in [1.29, 1.82) is 0 Å². The second-order valence-corrected chi connectivity index (χ2v) is 3.57. The molecule has 0 bridgehead atoms. The van der Waals surface area contributed by atoms with E-state index in [1.54, 1.807) is 0 Å². The zero-order valence-corrected chi connectivity index (χ0v) is 8.82. The number of methoxy groups -OCH3 is 2. The molecule has 1 aliphatic carbocycles. The highest BCUT2D eigenvalue weighted by molar-refractivity contribution is 5.96. The van der Waals surface area contributed by atoms with E-state index in [4.69, 9.17) is 0 Å². The number of ketones is 1. The van der Waals surface area contributed by atoms with Gasteiger partial charge in [0, 0.05) is 12.8 Å². The summed E-state index contributed by atoms with van der Waals surface area (Å²) in [6, 6.07) is 0. The summed E-state index contributed by atoms with van der Waals surface area (Å²) >= 11 is 0. The van der Waals surface area contributed by atoms with Crippen LogP contribution in [0.5, 0.6) is 0 Å². The first kappa shape index (κ1) is 11.7. The summed E-state index contributed by atoms with van der Waals surface area (Å²) < 4.78 is 9.06. The molecule has 5 heteroatoms. The lowest BCUT2D eigenvalue weighted by atomic mass is 9.91. The zero-order chi connectivity index (χ0) is 11.4. The summed E-state index contributed by atoms with van der Waals surface area (Å²) in [7, 11) is 2.43. The van der Waals surface area contributed by atoms with Crippen molar-refractivity contribution in [2.45, 2.75) is 19.3 Å². The highest BCUT2D eigenvalue weighted by Gasteiger charge is 2.40. The Morgan fingerprint density at radius 1 is 1.27 bits per heavy atom. The standard InChI is InChI=1S/C10H14O5/c1-14-9(12)8(10(13)15-2)6-3-4-7(11)5-6/h6,8H,3-5H2,1-2H3/t6-/m0/s1. The van der Waals surface area contributed by atoms with Crippen LogP contribution in [0.2, 0.25) is 0 Å². The van der Waals surface area contributed by atoms with Crippen LogP contribution in [0.4, 0.5) is 0 Å². The fourth-order valence-corrected chi connectivity index (χ4v) is 1.86. The molecule has 0 aromatic carbocycles. The van der Waals surface area contributed by atoms with E-state index in [1.165, 1.54) is 14.2 Å². The van der Waals surface area contributed by atoms with Crippen LogP contribution in [0.3, 0.4) is 0 Å². The number of esters is 2. The molecule has 1 saturated carbocycles. The minimum Gasteiger partial charge on any atom is -0.468 e. The van der Waals surface area contributed by atoms with Crippen LogP contribution in [0.1, 0.15) is 19.3 Å². The van der Waals surface area contributed by atoms with Crippen LogP contribution in [0.25, 0.3) is 0 Å². The third kappa shape index (κ3) is 2.55. The van der Waals surface area contributed by atoms with Crippen molar-refractivity contribution in [1.82, 2.24) is 0 Å². The van der Waals surface area contributed by atoms with Crippen LogP contribution >= 0.6 is 0 Å². The topological polar surface area (TPSA) is 69.7 Å². The Morgan fingerprint density at radius 3 is 2.13 bits per heavy atom. The first-order valence-electron chi connectivity index (χ1n) is 4.77. The predicted octanol–water partition coefficient (Wildman–Crippen LogP) is 0.318. The lowest BCUT2D eigenvalue weighted by molar-refractivity contribution is -0.161. The van der Waals surface area contributed by atoms with Gasteiger partial charge in [0.1, 0.15) is 5.78 Å². The van der Waals surface area contributed by atoms with Gasteiger partial charge in [-0.15, -0.1) is 0 Å². The van der Waals surface area contributed by atoms with Crippen LogP contribution in [-0.2, 0) is 23.9 Å². The fraction of sp³-hybridized carbons (Fsp3) is 0.700. The Balaban J connectivity index is 2.76. The number of rotatable bonds is 3. The van der Waals surface area contributed by atoms with Crippen LogP contribution in [0.15, 0.2) is 0 Å². The average Bonchev–Trinajstić information content (AvgIpc) is 2.64. The SMILES string of the molecule is COC(=O)C(C(=O)OC)[C@H]1CCC(=O)C1.